The molecule has 5 nitrogen and oxygen atoms in total. The highest BCUT2D eigenvalue weighted by Gasteiger charge is 2.20. The fraction of sp³-hybridized carbons (Fsp3) is 0.435. The quantitative estimate of drug-likeness (QED) is 0.822. The molecule has 0 radical (unpaired) electrons. The largest absolute Gasteiger partial charge is 0.497 e. The number of methoxy groups -OCH3 is 1. The summed E-state index contributed by atoms with van der Waals surface area (Å²) in [5.74, 6) is 0.822. The molecule has 0 unspecified atom stereocenters. The van der Waals surface area contributed by atoms with E-state index >= 15 is 0 Å². The second-order valence-electron chi connectivity index (χ2n) is 7.66. The maximum Gasteiger partial charge on any atom is 0.228 e. The molecule has 1 amide bonds. The van der Waals surface area contributed by atoms with Crippen molar-refractivity contribution in [3.05, 3.63) is 48.0 Å². The predicted octanol–water partition coefficient (Wildman–Crippen LogP) is 4.08. The topological polar surface area (TPSA) is 44.8 Å². The summed E-state index contributed by atoms with van der Waals surface area (Å²) >= 11 is 0. The Kier molecular flexibility index (Phi) is 5.70. The molecule has 1 N–H and O–H groups in total. The minimum atomic E-state index is 0.0178. The summed E-state index contributed by atoms with van der Waals surface area (Å²) in [7, 11) is 1.65. The van der Waals surface area contributed by atoms with Crippen LogP contribution in [0.5, 0.6) is 5.75 Å². The average molecular weight is 380 g/mol. The number of carbonyl (C=O) groups is 1. The van der Waals surface area contributed by atoms with Crippen LogP contribution in [0.25, 0.3) is 0 Å². The summed E-state index contributed by atoms with van der Waals surface area (Å²) in [4.78, 5) is 17.6. The van der Waals surface area contributed by atoms with Gasteiger partial charge in [-0.25, -0.2) is 0 Å². The van der Waals surface area contributed by atoms with Crippen LogP contribution in [0.3, 0.4) is 0 Å². The lowest BCUT2D eigenvalue weighted by Gasteiger charge is -2.25. The van der Waals surface area contributed by atoms with Gasteiger partial charge in [0.1, 0.15) is 5.75 Å². The van der Waals surface area contributed by atoms with Gasteiger partial charge in [-0.3, -0.25) is 4.79 Å². The molecule has 2 aliphatic heterocycles. The van der Waals surface area contributed by atoms with Crippen LogP contribution in [0.1, 0.15) is 31.2 Å². The maximum absolute atomic E-state index is 12.8. The highest BCUT2D eigenvalue weighted by Crippen LogP contribution is 2.34. The Hall–Kier alpha value is -2.69. The molecular formula is C23H29N3O2. The van der Waals surface area contributed by atoms with Gasteiger partial charge in [0, 0.05) is 31.9 Å². The van der Waals surface area contributed by atoms with Crippen molar-refractivity contribution in [1.82, 2.24) is 0 Å². The normalized spacial score (nSPS) is 16.5. The summed E-state index contributed by atoms with van der Waals surface area (Å²) in [6.45, 7) is 4.32. The van der Waals surface area contributed by atoms with E-state index in [1.165, 1.54) is 31.4 Å². The Morgan fingerprint density at radius 1 is 0.929 bits per heavy atom. The van der Waals surface area contributed by atoms with Crippen molar-refractivity contribution in [3.63, 3.8) is 0 Å². The van der Waals surface area contributed by atoms with E-state index in [1.807, 2.05) is 24.3 Å². The van der Waals surface area contributed by atoms with E-state index in [0.717, 1.165) is 48.9 Å². The molecule has 2 saturated heterocycles. The van der Waals surface area contributed by atoms with E-state index in [2.05, 4.69) is 33.3 Å². The first-order valence-corrected chi connectivity index (χ1v) is 10.3. The first kappa shape index (κ1) is 18.7. The first-order chi connectivity index (χ1) is 13.7. The van der Waals surface area contributed by atoms with Gasteiger partial charge < -0.3 is 19.9 Å². The Morgan fingerprint density at radius 2 is 1.57 bits per heavy atom. The van der Waals surface area contributed by atoms with E-state index in [9.17, 15) is 4.79 Å². The number of benzene rings is 2. The van der Waals surface area contributed by atoms with E-state index in [-0.39, 0.29) is 5.91 Å². The lowest BCUT2D eigenvalue weighted by Crippen LogP contribution is -2.23. The van der Waals surface area contributed by atoms with Crippen molar-refractivity contribution in [2.75, 3.05) is 48.4 Å². The van der Waals surface area contributed by atoms with E-state index in [1.54, 1.807) is 7.11 Å². The number of hydrogen-bond donors (Lipinski definition) is 1. The zero-order valence-corrected chi connectivity index (χ0v) is 16.6. The van der Waals surface area contributed by atoms with Gasteiger partial charge in [0.15, 0.2) is 0 Å². The molecule has 148 valence electrons. The van der Waals surface area contributed by atoms with Crippen LogP contribution in [-0.4, -0.2) is 39.2 Å². The summed E-state index contributed by atoms with van der Waals surface area (Å²) in [6.07, 6.45) is 5.28. The standard InChI is InChI=1S/C23H29N3O2/c1-28-20-9-6-18(7-10-20)16-23(27)24-21-17-19(25-12-2-3-13-25)8-11-22(21)26-14-4-5-15-26/h6-11,17H,2-5,12-16H2,1H3,(H,24,27). The third kappa shape index (κ3) is 4.24. The molecule has 28 heavy (non-hydrogen) atoms. The van der Waals surface area contributed by atoms with Gasteiger partial charge in [-0.2, -0.15) is 0 Å². The number of nitrogens with one attached hydrogen (secondary N) is 1. The molecule has 0 aromatic heterocycles. The number of anilines is 3. The number of rotatable bonds is 6. The Balaban J connectivity index is 1.52. The molecule has 0 atom stereocenters. The molecule has 0 bridgehead atoms. The summed E-state index contributed by atoms with van der Waals surface area (Å²) in [5, 5.41) is 3.19. The predicted molar refractivity (Wildman–Crippen MR) is 115 cm³/mol. The zero-order valence-electron chi connectivity index (χ0n) is 16.6. The van der Waals surface area contributed by atoms with Gasteiger partial charge >= 0.3 is 0 Å². The van der Waals surface area contributed by atoms with Crippen LogP contribution in [-0.2, 0) is 11.2 Å². The molecular weight excluding hydrogens is 350 g/mol. The minimum absolute atomic E-state index is 0.0178. The van der Waals surface area contributed by atoms with Crippen LogP contribution in [0.4, 0.5) is 17.1 Å². The Labute approximate surface area is 167 Å². The van der Waals surface area contributed by atoms with E-state index < -0.39 is 0 Å². The number of carbonyl (C=O) groups excluding carboxylic acids is 1. The third-order valence-corrected chi connectivity index (χ3v) is 5.70. The van der Waals surface area contributed by atoms with E-state index in [4.69, 9.17) is 4.74 Å². The number of ether oxygens (including phenoxy) is 1. The molecule has 2 aromatic rings. The molecule has 5 heteroatoms. The molecule has 0 aliphatic carbocycles. The highest BCUT2D eigenvalue weighted by atomic mass is 16.5. The fourth-order valence-electron chi connectivity index (χ4n) is 4.15. The van der Waals surface area contributed by atoms with Crippen molar-refractivity contribution in [3.8, 4) is 5.75 Å². The Morgan fingerprint density at radius 3 is 2.21 bits per heavy atom. The van der Waals surface area contributed by atoms with Gasteiger partial charge in [-0.05, 0) is 61.6 Å². The minimum Gasteiger partial charge on any atom is -0.497 e. The lowest BCUT2D eigenvalue weighted by atomic mass is 10.1. The van der Waals surface area contributed by atoms with Crippen molar-refractivity contribution in [2.45, 2.75) is 32.1 Å². The molecule has 2 heterocycles. The lowest BCUT2D eigenvalue weighted by molar-refractivity contribution is -0.115. The molecule has 2 fully saturated rings. The van der Waals surface area contributed by atoms with Gasteiger partial charge in [0.2, 0.25) is 5.91 Å². The monoisotopic (exact) mass is 379 g/mol. The van der Waals surface area contributed by atoms with Crippen LogP contribution >= 0.6 is 0 Å². The maximum atomic E-state index is 12.8. The van der Waals surface area contributed by atoms with Crippen LogP contribution in [0.2, 0.25) is 0 Å². The first-order valence-electron chi connectivity index (χ1n) is 10.3. The van der Waals surface area contributed by atoms with Gasteiger partial charge in [0.05, 0.1) is 24.9 Å². The smallest absolute Gasteiger partial charge is 0.228 e. The SMILES string of the molecule is COc1ccc(CC(=O)Nc2cc(N3CCCC3)ccc2N2CCCC2)cc1. The fourth-order valence-corrected chi connectivity index (χ4v) is 4.15. The second-order valence-corrected chi connectivity index (χ2v) is 7.66. The summed E-state index contributed by atoms with van der Waals surface area (Å²) < 4.78 is 5.19. The molecule has 0 saturated carbocycles. The van der Waals surface area contributed by atoms with E-state index in [0.29, 0.717) is 6.42 Å². The molecule has 0 spiro atoms. The Bertz CT molecular complexity index is 807. The second kappa shape index (κ2) is 8.55. The van der Waals surface area contributed by atoms with Crippen LogP contribution in [0, 0.1) is 0 Å². The van der Waals surface area contributed by atoms with Crippen molar-refractivity contribution in [1.29, 1.82) is 0 Å². The van der Waals surface area contributed by atoms with Gasteiger partial charge in [0.25, 0.3) is 0 Å². The number of nitrogens with zero attached hydrogens (tertiary/aromatic N) is 2. The van der Waals surface area contributed by atoms with Crippen LogP contribution < -0.4 is 19.9 Å². The third-order valence-electron chi connectivity index (χ3n) is 5.70. The number of hydrogen-bond acceptors (Lipinski definition) is 4. The summed E-state index contributed by atoms with van der Waals surface area (Å²) in [6, 6.07) is 14.2. The van der Waals surface area contributed by atoms with Crippen molar-refractivity contribution in [2.24, 2.45) is 0 Å². The zero-order chi connectivity index (χ0) is 19.3. The molecule has 2 aromatic carbocycles. The number of amides is 1. The summed E-state index contributed by atoms with van der Waals surface area (Å²) in [5.41, 5.74) is 4.27. The highest BCUT2D eigenvalue weighted by molar-refractivity contribution is 5.96. The van der Waals surface area contributed by atoms with Gasteiger partial charge in [-0.1, -0.05) is 12.1 Å². The molecule has 4 rings (SSSR count). The van der Waals surface area contributed by atoms with Gasteiger partial charge in [-0.15, -0.1) is 0 Å². The molecule has 2 aliphatic rings. The van der Waals surface area contributed by atoms with Crippen molar-refractivity contribution < 1.29 is 9.53 Å². The van der Waals surface area contributed by atoms with Crippen molar-refractivity contribution >= 4 is 23.0 Å². The average Bonchev–Trinajstić information content (AvgIpc) is 3.43. The van der Waals surface area contributed by atoms with Crippen LogP contribution in [0.15, 0.2) is 42.5 Å².